The number of piperidine rings is 1. The zero-order valence-corrected chi connectivity index (χ0v) is 20.9. The van der Waals surface area contributed by atoms with Gasteiger partial charge in [0.15, 0.2) is 16.6 Å². The Morgan fingerprint density at radius 1 is 1.15 bits per heavy atom. The molecule has 1 unspecified atom stereocenters. The van der Waals surface area contributed by atoms with Gasteiger partial charge in [-0.05, 0) is 43.0 Å². The molecule has 1 aliphatic heterocycles. The lowest BCUT2D eigenvalue weighted by molar-refractivity contribution is 0.0677. The minimum absolute atomic E-state index is 0.119. The average Bonchev–Trinajstić information content (AvgIpc) is 3.33. The summed E-state index contributed by atoms with van der Waals surface area (Å²) in [5, 5.41) is 2.39. The molecule has 34 heavy (non-hydrogen) atoms. The van der Waals surface area contributed by atoms with E-state index in [2.05, 4.69) is 11.9 Å². The number of amides is 2. The zero-order chi connectivity index (χ0) is 24.2. The van der Waals surface area contributed by atoms with Gasteiger partial charge in [-0.15, -0.1) is 11.3 Å². The smallest absolute Gasteiger partial charge is 0.273 e. The van der Waals surface area contributed by atoms with Crippen LogP contribution in [-0.4, -0.2) is 49.0 Å². The summed E-state index contributed by atoms with van der Waals surface area (Å²) in [7, 11) is 3.08. The molecule has 1 fully saturated rings. The number of thiazole rings is 1. The predicted octanol–water partition coefficient (Wildman–Crippen LogP) is 5.66. The number of rotatable bonds is 6. The number of anilines is 2. The van der Waals surface area contributed by atoms with Crippen LogP contribution in [0.5, 0.6) is 11.5 Å². The van der Waals surface area contributed by atoms with Crippen LogP contribution < -0.4 is 14.4 Å². The third kappa shape index (κ3) is 4.88. The fourth-order valence-electron chi connectivity index (χ4n) is 4.03. The second kappa shape index (κ2) is 10.4. The Hall–Kier alpha value is -3.10. The molecular formula is C25H26ClN3O4S. The van der Waals surface area contributed by atoms with Crippen LogP contribution in [0.1, 0.15) is 40.6 Å². The molecule has 2 heterocycles. The van der Waals surface area contributed by atoms with Crippen molar-refractivity contribution in [2.75, 3.05) is 32.2 Å². The van der Waals surface area contributed by atoms with Gasteiger partial charge in [0.05, 0.1) is 30.5 Å². The first kappa shape index (κ1) is 24.0. The lowest BCUT2D eigenvalue weighted by Crippen LogP contribution is -2.39. The predicted molar refractivity (Wildman–Crippen MR) is 134 cm³/mol. The number of halogens is 1. The number of likely N-dealkylation sites (tertiary alicyclic amines) is 1. The summed E-state index contributed by atoms with van der Waals surface area (Å²) < 4.78 is 10.8. The second-order valence-corrected chi connectivity index (χ2v) is 9.42. The van der Waals surface area contributed by atoms with E-state index in [0.29, 0.717) is 57.6 Å². The molecule has 1 atom stereocenters. The highest BCUT2D eigenvalue weighted by atomic mass is 35.5. The third-order valence-electron chi connectivity index (χ3n) is 5.78. The van der Waals surface area contributed by atoms with Gasteiger partial charge >= 0.3 is 0 Å². The summed E-state index contributed by atoms with van der Waals surface area (Å²) in [4.78, 5) is 34.7. The Labute approximate surface area is 207 Å². The van der Waals surface area contributed by atoms with Crippen molar-refractivity contribution in [3.8, 4) is 11.5 Å². The fourth-order valence-corrected chi connectivity index (χ4v) is 5.07. The molecule has 0 aliphatic carbocycles. The minimum Gasteiger partial charge on any atom is -0.493 e. The summed E-state index contributed by atoms with van der Waals surface area (Å²) >= 11 is 7.57. The average molecular weight is 500 g/mol. The van der Waals surface area contributed by atoms with Crippen LogP contribution in [-0.2, 0) is 0 Å². The number of ether oxygens (including phenoxy) is 2. The van der Waals surface area contributed by atoms with Gasteiger partial charge in [-0.3, -0.25) is 14.5 Å². The first-order valence-electron chi connectivity index (χ1n) is 11.0. The molecule has 1 aromatic heterocycles. The number of aromatic nitrogens is 1. The van der Waals surface area contributed by atoms with E-state index in [1.807, 2.05) is 4.90 Å². The summed E-state index contributed by atoms with van der Waals surface area (Å²) in [6, 6.07) is 12.0. The summed E-state index contributed by atoms with van der Waals surface area (Å²) in [6.45, 7) is 3.57. The van der Waals surface area contributed by atoms with Gasteiger partial charge in [-0.1, -0.05) is 30.7 Å². The maximum absolute atomic E-state index is 13.7. The maximum Gasteiger partial charge on any atom is 0.273 e. The molecule has 1 saturated heterocycles. The lowest BCUT2D eigenvalue weighted by Gasteiger charge is -2.30. The second-order valence-electron chi connectivity index (χ2n) is 8.17. The van der Waals surface area contributed by atoms with E-state index < -0.39 is 0 Å². The van der Waals surface area contributed by atoms with Crippen molar-refractivity contribution in [2.45, 2.75) is 19.8 Å². The van der Waals surface area contributed by atoms with Crippen LogP contribution in [0.4, 0.5) is 10.8 Å². The van der Waals surface area contributed by atoms with Crippen molar-refractivity contribution in [1.82, 2.24) is 9.88 Å². The van der Waals surface area contributed by atoms with E-state index in [1.54, 1.807) is 55.0 Å². The summed E-state index contributed by atoms with van der Waals surface area (Å²) in [5.41, 5.74) is 1.17. The van der Waals surface area contributed by atoms with Crippen molar-refractivity contribution in [2.24, 2.45) is 5.92 Å². The normalized spacial score (nSPS) is 15.6. The van der Waals surface area contributed by atoms with Crippen molar-refractivity contribution < 1.29 is 19.1 Å². The van der Waals surface area contributed by atoms with Gasteiger partial charge in [-0.25, -0.2) is 4.98 Å². The molecule has 0 saturated carbocycles. The first-order chi connectivity index (χ1) is 16.4. The Bertz CT molecular complexity index is 1200. The molecule has 2 amide bonds. The summed E-state index contributed by atoms with van der Waals surface area (Å²) in [6.07, 6.45) is 2.10. The third-order valence-corrected chi connectivity index (χ3v) is 6.93. The van der Waals surface area contributed by atoms with E-state index in [-0.39, 0.29) is 11.8 Å². The van der Waals surface area contributed by atoms with Crippen LogP contribution >= 0.6 is 22.9 Å². The fraction of sp³-hybridized carbons (Fsp3) is 0.320. The number of benzene rings is 2. The van der Waals surface area contributed by atoms with Crippen molar-refractivity contribution in [3.05, 3.63) is 64.1 Å². The van der Waals surface area contributed by atoms with E-state index in [4.69, 9.17) is 21.1 Å². The molecule has 0 radical (unpaired) electrons. The number of hydrogen-bond acceptors (Lipinski definition) is 6. The monoisotopic (exact) mass is 499 g/mol. The van der Waals surface area contributed by atoms with E-state index in [0.717, 1.165) is 12.8 Å². The van der Waals surface area contributed by atoms with Gasteiger partial charge in [0.2, 0.25) is 0 Å². The Balaban J connectivity index is 1.74. The molecule has 1 aliphatic rings. The highest BCUT2D eigenvalue weighted by Gasteiger charge is 2.28. The Kier molecular flexibility index (Phi) is 7.38. The standard InChI is InChI=1S/C25H26ClN3O4S/c1-16-7-6-12-28(14-16)24(31)20-15-34-25(27-20)29(23(30)18-8-4-5-9-19(18)26)17-10-11-21(32-2)22(13-17)33-3/h4-5,8-11,13,15-16H,6-7,12,14H2,1-3H3. The van der Waals surface area contributed by atoms with Gasteiger partial charge in [0.25, 0.3) is 11.8 Å². The van der Waals surface area contributed by atoms with Crippen LogP contribution in [0.2, 0.25) is 5.02 Å². The van der Waals surface area contributed by atoms with Crippen molar-refractivity contribution >= 4 is 45.6 Å². The minimum atomic E-state index is -0.363. The molecule has 9 heteroatoms. The maximum atomic E-state index is 13.7. The van der Waals surface area contributed by atoms with Gasteiger partial charge in [-0.2, -0.15) is 0 Å². The SMILES string of the molecule is COc1ccc(N(C(=O)c2ccccc2Cl)c2nc(C(=O)N3CCCC(C)C3)cs2)cc1OC. The quantitative estimate of drug-likeness (QED) is 0.437. The molecule has 0 spiro atoms. The van der Waals surface area contributed by atoms with Crippen LogP contribution in [0.3, 0.4) is 0 Å². The highest BCUT2D eigenvalue weighted by molar-refractivity contribution is 7.14. The molecule has 7 nitrogen and oxygen atoms in total. The zero-order valence-electron chi connectivity index (χ0n) is 19.3. The van der Waals surface area contributed by atoms with Crippen LogP contribution in [0.25, 0.3) is 0 Å². The number of carbonyl (C=O) groups excluding carboxylic acids is 2. The number of methoxy groups -OCH3 is 2. The first-order valence-corrected chi connectivity index (χ1v) is 12.2. The highest BCUT2D eigenvalue weighted by Crippen LogP contribution is 2.37. The van der Waals surface area contributed by atoms with Gasteiger partial charge in [0.1, 0.15) is 5.69 Å². The Morgan fingerprint density at radius 3 is 2.62 bits per heavy atom. The van der Waals surface area contributed by atoms with Gasteiger partial charge in [0, 0.05) is 24.5 Å². The van der Waals surface area contributed by atoms with Crippen LogP contribution in [0, 0.1) is 5.92 Å². The largest absolute Gasteiger partial charge is 0.493 e. The molecular weight excluding hydrogens is 474 g/mol. The van der Waals surface area contributed by atoms with Crippen molar-refractivity contribution in [3.63, 3.8) is 0 Å². The molecule has 0 N–H and O–H groups in total. The molecule has 3 aromatic rings. The van der Waals surface area contributed by atoms with E-state index in [1.165, 1.54) is 23.3 Å². The lowest BCUT2D eigenvalue weighted by atomic mass is 10.0. The molecule has 0 bridgehead atoms. The number of carbonyl (C=O) groups is 2. The number of nitrogens with zero attached hydrogens (tertiary/aromatic N) is 3. The topological polar surface area (TPSA) is 72.0 Å². The van der Waals surface area contributed by atoms with E-state index in [9.17, 15) is 9.59 Å². The molecule has 2 aromatic carbocycles. The number of hydrogen-bond donors (Lipinski definition) is 0. The Morgan fingerprint density at radius 2 is 1.91 bits per heavy atom. The molecule has 4 rings (SSSR count). The van der Waals surface area contributed by atoms with Crippen molar-refractivity contribution in [1.29, 1.82) is 0 Å². The molecule has 178 valence electrons. The van der Waals surface area contributed by atoms with E-state index >= 15 is 0 Å². The van der Waals surface area contributed by atoms with Crippen LogP contribution in [0.15, 0.2) is 47.8 Å². The summed E-state index contributed by atoms with van der Waals surface area (Å²) in [5.74, 6) is 0.975. The van der Waals surface area contributed by atoms with Gasteiger partial charge < -0.3 is 14.4 Å².